The van der Waals surface area contributed by atoms with Crippen molar-refractivity contribution in [1.82, 2.24) is 14.8 Å². The summed E-state index contributed by atoms with van der Waals surface area (Å²) in [6.45, 7) is 14.9. The number of likely N-dealkylation sites (tertiary alicyclic amines) is 2. The maximum absolute atomic E-state index is 4.79. The molecule has 1 aromatic rings. The number of fused-ring (bicyclic) bond motifs is 2. The largest absolute Gasteiger partial charge is 0.295 e. The number of piperidine rings is 1. The number of aromatic nitrogens is 1. The summed E-state index contributed by atoms with van der Waals surface area (Å²) in [6.07, 6.45) is 1.38. The lowest BCUT2D eigenvalue weighted by Crippen LogP contribution is -2.70. The smallest absolute Gasteiger partial charge is 0.107 e. The van der Waals surface area contributed by atoms with E-state index in [1.54, 1.807) is 0 Å². The maximum atomic E-state index is 4.79. The lowest BCUT2D eigenvalue weighted by molar-refractivity contribution is -0.0997. The second-order valence-corrected chi connectivity index (χ2v) is 8.55. The lowest BCUT2D eigenvalue weighted by atomic mass is 9.85. The Balaban J connectivity index is 1.61. The second kappa shape index (κ2) is 5.08. The SMILES string of the molecule is CC(C)c1csc(CN2C3CC2CN(C(C)(C)C)C3)n1. The fourth-order valence-corrected chi connectivity index (χ4v) is 4.28. The number of thiazole rings is 1. The first-order valence-electron chi connectivity index (χ1n) is 7.79. The summed E-state index contributed by atoms with van der Waals surface area (Å²) in [4.78, 5) is 10.1. The zero-order valence-corrected chi connectivity index (χ0v) is 14.2. The first-order valence-corrected chi connectivity index (χ1v) is 8.67. The van der Waals surface area contributed by atoms with Gasteiger partial charge in [-0.1, -0.05) is 13.8 Å². The van der Waals surface area contributed by atoms with Crippen molar-refractivity contribution < 1.29 is 0 Å². The highest BCUT2D eigenvalue weighted by molar-refractivity contribution is 7.09. The van der Waals surface area contributed by atoms with E-state index in [2.05, 4.69) is 49.8 Å². The van der Waals surface area contributed by atoms with Crippen LogP contribution in [0.4, 0.5) is 0 Å². The maximum Gasteiger partial charge on any atom is 0.107 e. The summed E-state index contributed by atoms with van der Waals surface area (Å²) < 4.78 is 0. The Morgan fingerprint density at radius 1 is 1.30 bits per heavy atom. The molecule has 2 fully saturated rings. The number of piperazine rings is 1. The Hall–Kier alpha value is -0.450. The molecule has 0 aromatic carbocycles. The molecule has 0 N–H and O–H groups in total. The average Bonchev–Trinajstić information content (AvgIpc) is 2.84. The number of hydrogen-bond donors (Lipinski definition) is 0. The fraction of sp³-hybridized carbons (Fsp3) is 0.812. The zero-order valence-electron chi connectivity index (χ0n) is 13.4. The minimum absolute atomic E-state index is 0.314. The third-order valence-corrected chi connectivity index (χ3v) is 5.62. The van der Waals surface area contributed by atoms with E-state index in [0.29, 0.717) is 11.5 Å². The molecule has 3 heterocycles. The summed E-state index contributed by atoms with van der Waals surface area (Å²) in [5.74, 6) is 0.548. The molecule has 2 aliphatic rings. The molecule has 112 valence electrons. The summed E-state index contributed by atoms with van der Waals surface area (Å²) in [5.41, 5.74) is 1.57. The normalized spacial score (nSPS) is 27.9. The van der Waals surface area contributed by atoms with Gasteiger partial charge in [-0.15, -0.1) is 11.3 Å². The molecule has 1 aromatic heterocycles. The van der Waals surface area contributed by atoms with Gasteiger partial charge in [-0.25, -0.2) is 4.98 Å². The van der Waals surface area contributed by atoms with Gasteiger partial charge in [0.2, 0.25) is 0 Å². The summed E-state index contributed by atoms with van der Waals surface area (Å²) in [6, 6.07) is 1.50. The molecule has 2 bridgehead atoms. The standard InChI is InChI=1S/C16H27N3S/c1-11(2)14-10-20-15(17-14)9-19-12-6-13(19)8-18(7-12)16(3,4)5/h10-13H,6-9H2,1-5H3. The Labute approximate surface area is 127 Å². The molecule has 4 heteroatoms. The molecule has 0 spiro atoms. The minimum atomic E-state index is 0.314. The number of nitrogens with zero attached hydrogens (tertiary/aromatic N) is 3. The quantitative estimate of drug-likeness (QED) is 0.852. The first-order chi connectivity index (χ1) is 9.34. The lowest BCUT2D eigenvalue weighted by Gasteiger charge is -2.59. The molecule has 0 amide bonds. The molecule has 0 saturated carbocycles. The van der Waals surface area contributed by atoms with Crippen LogP contribution < -0.4 is 0 Å². The highest BCUT2D eigenvalue weighted by Gasteiger charge is 2.46. The molecule has 0 radical (unpaired) electrons. The van der Waals surface area contributed by atoms with Gasteiger partial charge < -0.3 is 0 Å². The van der Waals surface area contributed by atoms with Gasteiger partial charge in [-0.2, -0.15) is 0 Å². The topological polar surface area (TPSA) is 19.4 Å². The molecule has 3 rings (SSSR count). The van der Waals surface area contributed by atoms with Crippen LogP contribution in [0.3, 0.4) is 0 Å². The van der Waals surface area contributed by atoms with Crippen LogP contribution in [-0.2, 0) is 6.54 Å². The third-order valence-electron chi connectivity index (χ3n) is 4.77. The van der Waals surface area contributed by atoms with E-state index >= 15 is 0 Å². The summed E-state index contributed by atoms with van der Waals surface area (Å²) in [7, 11) is 0. The van der Waals surface area contributed by atoms with Gasteiger partial charge in [0.05, 0.1) is 12.2 Å². The molecule has 3 nitrogen and oxygen atoms in total. The van der Waals surface area contributed by atoms with E-state index in [-0.39, 0.29) is 0 Å². The van der Waals surface area contributed by atoms with E-state index in [0.717, 1.165) is 18.6 Å². The van der Waals surface area contributed by atoms with Gasteiger partial charge in [0, 0.05) is 36.1 Å². The van der Waals surface area contributed by atoms with Crippen molar-refractivity contribution in [2.45, 2.75) is 71.1 Å². The van der Waals surface area contributed by atoms with E-state index in [1.165, 1.54) is 30.2 Å². The Morgan fingerprint density at radius 2 is 1.95 bits per heavy atom. The molecular formula is C16H27N3S. The van der Waals surface area contributed by atoms with Crippen LogP contribution in [0, 0.1) is 0 Å². The van der Waals surface area contributed by atoms with Crippen LogP contribution in [0.2, 0.25) is 0 Å². The van der Waals surface area contributed by atoms with Gasteiger partial charge >= 0.3 is 0 Å². The van der Waals surface area contributed by atoms with Crippen molar-refractivity contribution in [3.8, 4) is 0 Å². The van der Waals surface area contributed by atoms with Crippen molar-refractivity contribution in [1.29, 1.82) is 0 Å². The van der Waals surface area contributed by atoms with E-state index < -0.39 is 0 Å². The van der Waals surface area contributed by atoms with Crippen LogP contribution in [0.15, 0.2) is 5.38 Å². The summed E-state index contributed by atoms with van der Waals surface area (Å²) >= 11 is 1.83. The first kappa shape index (κ1) is 14.5. The van der Waals surface area contributed by atoms with Crippen LogP contribution >= 0.6 is 11.3 Å². The van der Waals surface area contributed by atoms with Crippen molar-refractivity contribution in [2.75, 3.05) is 13.1 Å². The molecule has 2 aliphatic heterocycles. The van der Waals surface area contributed by atoms with Crippen molar-refractivity contribution in [3.63, 3.8) is 0 Å². The fourth-order valence-electron chi connectivity index (χ4n) is 3.31. The number of hydrogen-bond acceptors (Lipinski definition) is 4. The average molecular weight is 293 g/mol. The predicted octanol–water partition coefficient (Wildman–Crippen LogP) is 3.32. The Morgan fingerprint density at radius 3 is 2.45 bits per heavy atom. The van der Waals surface area contributed by atoms with Crippen molar-refractivity contribution >= 4 is 11.3 Å². The molecule has 2 atom stereocenters. The van der Waals surface area contributed by atoms with Gasteiger partial charge in [0.1, 0.15) is 5.01 Å². The number of rotatable bonds is 3. The van der Waals surface area contributed by atoms with Gasteiger partial charge in [0.15, 0.2) is 0 Å². The minimum Gasteiger partial charge on any atom is -0.295 e. The monoisotopic (exact) mass is 293 g/mol. The molecular weight excluding hydrogens is 266 g/mol. The van der Waals surface area contributed by atoms with E-state index in [4.69, 9.17) is 4.98 Å². The molecule has 2 unspecified atom stereocenters. The van der Waals surface area contributed by atoms with Crippen molar-refractivity contribution in [3.05, 3.63) is 16.1 Å². The highest BCUT2D eigenvalue weighted by Crippen LogP contribution is 2.36. The molecule has 2 saturated heterocycles. The van der Waals surface area contributed by atoms with Crippen LogP contribution in [0.5, 0.6) is 0 Å². The second-order valence-electron chi connectivity index (χ2n) is 7.61. The Bertz CT molecular complexity index is 462. The molecule has 20 heavy (non-hydrogen) atoms. The van der Waals surface area contributed by atoms with E-state index in [1.807, 2.05) is 11.3 Å². The Kier molecular flexibility index (Phi) is 3.68. The molecule has 0 aliphatic carbocycles. The third kappa shape index (κ3) is 2.66. The van der Waals surface area contributed by atoms with E-state index in [9.17, 15) is 0 Å². The highest BCUT2D eigenvalue weighted by atomic mass is 32.1. The van der Waals surface area contributed by atoms with Gasteiger partial charge in [-0.3, -0.25) is 9.80 Å². The van der Waals surface area contributed by atoms with Crippen LogP contribution in [-0.4, -0.2) is 45.5 Å². The van der Waals surface area contributed by atoms with Crippen molar-refractivity contribution in [2.24, 2.45) is 0 Å². The zero-order chi connectivity index (χ0) is 14.5. The van der Waals surface area contributed by atoms with Gasteiger partial charge in [0.25, 0.3) is 0 Å². The summed E-state index contributed by atoms with van der Waals surface area (Å²) in [5, 5.41) is 3.53. The van der Waals surface area contributed by atoms with Crippen LogP contribution in [0.25, 0.3) is 0 Å². The van der Waals surface area contributed by atoms with Crippen LogP contribution in [0.1, 0.15) is 57.7 Å². The predicted molar refractivity (Wildman–Crippen MR) is 85.3 cm³/mol. The van der Waals surface area contributed by atoms with Gasteiger partial charge in [-0.05, 0) is 33.1 Å².